The number of fused-ring (bicyclic) bond motifs is 1. The quantitative estimate of drug-likeness (QED) is 0.433. The summed E-state index contributed by atoms with van der Waals surface area (Å²) in [5.41, 5.74) is 0.627. The third-order valence-electron chi connectivity index (χ3n) is 2.98. The van der Waals surface area contributed by atoms with Crippen LogP contribution in [0.15, 0.2) is 22.6 Å². The van der Waals surface area contributed by atoms with E-state index in [0.717, 1.165) is 25.9 Å². The molecule has 21 heavy (non-hydrogen) atoms. The molecule has 1 N–H and O–H groups in total. The number of rotatable bonds is 9. The van der Waals surface area contributed by atoms with Gasteiger partial charge in [-0.25, -0.2) is 0 Å². The van der Waals surface area contributed by atoms with Crippen molar-refractivity contribution >= 4 is 22.8 Å². The van der Waals surface area contributed by atoms with Crippen LogP contribution in [0.5, 0.6) is 0 Å². The van der Waals surface area contributed by atoms with E-state index in [0.29, 0.717) is 24.7 Å². The molecule has 0 bridgehead atoms. The predicted molar refractivity (Wildman–Crippen MR) is 79.5 cm³/mol. The number of benzene rings is 1. The second kappa shape index (κ2) is 7.58. The smallest absolute Gasteiger partial charge is 0.298 e. The summed E-state index contributed by atoms with van der Waals surface area (Å²) >= 11 is 0. The number of aromatic nitrogens is 1. The summed E-state index contributed by atoms with van der Waals surface area (Å²) in [6.45, 7) is 4.23. The molecule has 0 unspecified atom stereocenters. The lowest BCUT2D eigenvalue weighted by Crippen LogP contribution is -2.06. The highest BCUT2D eigenvalue weighted by molar-refractivity contribution is 5.83. The summed E-state index contributed by atoms with van der Waals surface area (Å²) < 4.78 is 10.9. The van der Waals surface area contributed by atoms with Crippen molar-refractivity contribution in [3.8, 4) is 0 Å². The molecule has 0 saturated heterocycles. The molecular weight excluding hydrogens is 274 g/mol. The summed E-state index contributed by atoms with van der Waals surface area (Å²) in [4.78, 5) is 14.6. The molecule has 1 aromatic carbocycles. The van der Waals surface area contributed by atoms with Crippen LogP contribution in [0.1, 0.15) is 26.2 Å². The van der Waals surface area contributed by atoms with Crippen LogP contribution in [0.25, 0.3) is 11.1 Å². The second-order valence-electron chi connectivity index (χ2n) is 4.65. The highest BCUT2D eigenvalue weighted by Gasteiger charge is 2.16. The molecule has 2 aromatic rings. The van der Waals surface area contributed by atoms with Gasteiger partial charge in [0.25, 0.3) is 11.7 Å². The highest BCUT2D eigenvalue weighted by atomic mass is 16.6. The van der Waals surface area contributed by atoms with Crippen LogP contribution in [-0.4, -0.2) is 29.7 Å². The molecule has 0 aliphatic carbocycles. The first-order valence-corrected chi connectivity index (χ1v) is 7.08. The van der Waals surface area contributed by atoms with E-state index in [1.54, 1.807) is 12.1 Å². The molecule has 114 valence electrons. The van der Waals surface area contributed by atoms with E-state index < -0.39 is 4.92 Å². The zero-order chi connectivity index (χ0) is 15.1. The Morgan fingerprint density at radius 2 is 2.19 bits per heavy atom. The number of para-hydroxylation sites is 1. The Morgan fingerprint density at radius 1 is 1.38 bits per heavy atom. The van der Waals surface area contributed by atoms with Crippen molar-refractivity contribution in [2.24, 2.45) is 0 Å². The fraction of sp³-hybridized carbons (Fsp3) is 0.500. The van der Waals surface area contributed by atoms with E-state index in [-0.39, 0.29) is 11.2 Å². The fourth-order valence-electron chi connectivity index (χ4n) is 1.87. The molecule has 0 fully saturated rings. The van der Waals surface area contributed by atoms with Gasteiger partial charge in [0, 0.05) is 25.8 Å². The van der Waals surface area contributed by atoms with Gasteiger partial charge < -0.3 is 14.5 Å². The number of non-ortho nitro benzene ring substituents is 1. The third-order valence-corrected chi connectivity index (χ3v) is 2.98. The molecule has 0 atom stereocenters. The molecular formula is C14H19N3O4. The Balaban J connectivity index is 1.86. The molecule has 0 saturated carbocycles. The van der Waals surface area contributed by atoms with Crippen LogP contribution < -0.4 is 5.32 Å². The van der Waals surface area contributed by atoms with Crippen molar-refractivity contribution in [1.29, 1.82) is 0 Å². The van der Waals surface area contributed by atoms with E-state index in [1.165, 1.54) is 6.07 Å². The van der Waals surface area contributed by atoms with Gasteiger partial charge in [0.15, 0.2) is 11.1 Å². The zero-order valence-electron chi connectivity index (χ0n) is 12.0. The first-order valence-electron chi connectivity index (χ1n) is 7.08. The van der Waals surface area contributed by atoms with E-state index in [9.17, 15) is 10.1 Å². The van der Waals surface area contributed by atoms with Crippen molar-refractivity contribution in [2.75, 3.05) is 25.1 Å². The SMILES string of the molecule is CCCCOCCCNc1nc2c([N+](=O)[O-])cccc2o1. The van der Waals surface area contributed by atoms with Gasteiger partial charge in [-0.3, -0.25) is 10.1 Å². The van der Waals surface area contributed by atoms with E-state index in [1.807, 2.05) is 0 Å². The van der Waals surface area contributed by atoms with Gasteiger partial charge in [-0.05, 0) is 18.9 Å². The molecule has 0 amide bonds. The molecule has 0 radical (unpaired) electrons. The molecule has 7 heteroatoms. The second-order valence-corrected chi connectivity index (χ2v) is 4.65. The lowest BCUT2D eigenvalue weighted by Gasteiger charge is -2.03. The van der Waals surface area contributed by atoms with Crippen LogP contribution in [-0.2, 0) is 4.74 Å². The van der Waals surface area contributed by atoms with Crippen molar-refractivity contribution in [1.82, 2.24) is 4.98 Å². The summed E-state index contributed by atoms with van der Waals surface area (Å²) in [6.07, 6.45) is 3.02. The van der Waals surface area contributed by atoms with Crippen molar-refractivity contribution < 1.29 is 14.1 Å². The van der Waals surface area contributed by atoms with Gasteiger partial charge in [0.05, 0.1) is 4.92 Å². The molecule has 1 aromatic heterocycles. The average molecular weight is 293 g/mol. The number of nitrogens with zero attached hydrogens (tertiary/aromatic N) is 2. The normalized spacial score (nSPS) is 10.9. The van der Waals surface area contributed by atoms with E-state index in [4.69, 9.17) is 9.15 Å². The summed E-state index contributed by atoms with van der Waals surface area (Å²) in [6, 6.07) is 4.95. The number of ether oxygens (including phenoxy) is 1. The maximum Gasteiger partial charge on any atom is 0.298 e. The van der Waals surface area contributed by atoms with Gasteiger partial charge in [-0.2, -0.15) is 4.98 Å². The Morgan fingerprint density at radius 3 is 2.95 bits per heavy atom. The Hall–Kier alpha value is -2.15. The predicted octanol–water partition coefficient (Wildman–Crippen LogP) is 3.35. The fourth-order valence-corrected chi connectivity index (χ4v) is 1.87. The number of anilines is 1. The van der Waals surface area contributed by atoms with Crippen molar-refractivity contribution in [2.45, 2.75) is 26.2 Å². The maximum absolute atomic E-state index is 10.9. The van der Waals surface area contributed by atoms with Gasteiger partial charge in [-0.1, -0.05) is 19.4 Å². The molecule has 1 heterocycles. The van der Waals surface area contributed by atoms with Crippen LogP contribution in [0.3, 0.4) is 0 Å². The van der Waals surface area contributed by atoms with Gasteiger partial charge >= 0.3 is 0 Å². The number of unbranched alkanes of at least 4 members (excludes halogenated alkanes) is 1. The van der Waals surface area contributed by atoms with Gasteiger partial charge in [0.1, 0.15) is 0 Å². The highest BCUT2D eigenvalue weighted by Crippen LogP contribution is 2.27. The summed E-state index contributed by atoms with van der Waals surface area (Å²) in [5, 5.41) is 13.9. The standard InChI is InChI=1S/C14H19N3O4/c1-2-3-9-20-10-5-8-15-14-16-13-11(17(18)19)6-4-7-12(13)21-14/h4,6-7H,2-3,5,8-10H2,1H3,(H,15,16). The average Bonchev–Trinajstić information content (AvgIpc) is 2.88. The minimum Gasteiger partial charge on any atom is -0.423 e. The van der Waals surface area contributed by atoms with E-state index in [2.05, 4.69) is 17.2 Å². The molecule has 0 aliphatic rings. The third kappa shape index (κ3) is 4.16. The first kappa shape index (κ1) is 15.2. The van der Waals surface area contributed by atoms with Crippen LogP contribution >= 0.6 is 0 Å². The minimum absolute atomic E-state index is 0.0489. The number of nitro benzene ring substituents is 1. The topological polar surface area (TPSA) is 90.4 Å². The molecule has 0 spiro atoms. The Kier molecular flexibility index (Phi) is 5.51. The van der Waals surface area contributed by atoms with Crippen molar-refractivity contribution in [3.05, 3.63) is 28.3 Å². The van der Waals surface area contributed by atoms with Crippen molar-refractivity contribution in [3.63, 3.8) is 0 Å². The Bertz CT molecular complexity index is 597. The summed E-state index contributed by atoms with van der Waals surface area (Å²) in [5.74, 6) is 0. The van der Waals surface area contributed by atoms with Gasteiger partial charge in [0.2, 0.25) is 0 Å². The first-order chi connectivity index (χ1) is 10.2. The van der Waals surface area contributed by atoms with Gasteiger partial charge in [-0.15, -0.1) is 0 Å². The van der Waals surface area contributed by atoms with Crippen LogP contribution in [0.4, 0.5) is 11.7 Å². The lowest BCUT2D eigenvalue weighted by molar-refractivity contribution is -0.383. The monoisotopic (exact) mass is 293 g/mol. The maximum atomic E-state index is 10.9. The number of nitrogens with one attached hydrogen (secondary N) is 1. The molecule has 7 nitrogen and oxygen atoms in total. The molecule has 0 aliphatic heterocycles. The Labute approximate surface area is 122 Å². The number of nitro groups is 1. The van der Waals surface area contributed by atoms with Crippen LogP contribution in [0, 0.1) is 10.1 Å². The lowest BCUT2D eigenvalue weighted by atomic mass is 10.3. The minimum atomic E-state index is -0.462. The van der Waals surface area contributed by atoms with Crippen LogP contribution in [0.2, 0.25) is 0 Å². The number of hydrogen-bond donors (Lipinski definition) is 1. The molecule has 2 rings (SSSR count). The number of hydrogen-bond acceptors (Lipinski definition) is 6. The summed E-state index contributed by atoms with van der Waals surface area (Å²) in [7, 11) is 0. The van der Waals surface area contributed by atoms with E-state index >= 15 is 0 Å². The largest absolute Gasteiger partial charge is 0.423 e. The number of oxazole rings is 1. The zero-order valence-corrected chi connectivity index (χ0v) is 12.0.